The fourth-order valence-corrected chi connectivity index (χ4v) is 4.40. The molecule has 3 aromatic carbocycles. The van der Waals surface area contributed by atoms with Crippen LogP contribution in [0.1, 0.15) is 23.1 Å². The number of rotatable bonds is 10. The predicted octanol–water partition coefficient (Wildman–Crippen LogP) is 4.05. The minimum atomic E-state index is -0.216. The number of para-hydroxylation sites is 1. The van der Waals surface area contributed by atoms with Crippen molar-refractivity contribution in [1.29, 1.82) is 0 Å². The van der Waals surface area contributed by atoms with Gasteiger partial charge in [-0.15, -0.1) is 0 Å². The van der Waals surface area contributed by atoms with E-state index >= 15 is 0 Å². The summed E-state index contributed by atoms with van der Waals surface area (Å²) >= 11 is 0. The summed E-state index contributed by atoms with van der Waals surface area (Å²) in [5.41, 5.74) is 9.92. The fourth-order valence-electron chi connectivity index (χ4n) is 4.40. The van der Waals surface area contributed by atoms with E-state index in [2.05, 4.69) is 62.9 Å². The summed E-state index contributed by atoms with van der Waals surface area (Å²) in [5.74, 6) is 0.897. The molecule has 2 amide bonds. The van der Waals surface area contributed by atoms with Gasteiger partial charge in [0.05, 0.1) is 0 Å². The Morgan fingerprint density at radius 1 is 0.806 bits per heavy atom. The molecule has 0 bridgehead atoms. The van der Waals surface area contributed by atoms with Gasteiger partial charge in [-0.1, -0.05) is 60.7 Å². The third kappa shape index (κ3) is 8.09. The monoisotopic (exact) mass is 487 g/mol. The molecule has 7 heteroatoms. The number of hydrogen-bond donors (Lipinski definition) is 3. The highest BCUT2D eigenvalue weighted by atomic mass is 16.5. The molecule has 4 N–H and O–H groups in total. The van der Waals surface area contributed by atoms with Crippen molar-refractivity contribution in [2.45, 2.75) is 26.1 Å². The van der Waals surface area contributed by atoms with Gasteiger partial charge in [-0.05, 0) is 54.4 Å². The van der Waals surface area contributed by atoms with Crippen molar-refractivity contribution in [2.75, 3.05) is 44.6 Å². The van der Waals surface area contributed by atoms with E-state index in [0.717, 1.165) is 62.7 Å². The first kappa shape index (κ1) is 25.7. The molecule has 190 valence electrons. The lowest BCUT2D eigenvalue weighted by Gasteiger charge is -2.23. The van der Waals surface area contributed by atoms with Crippen LogP contribution in [0.5, 0.6) is 5.75 Å². The second-order valence-corrected chi connectivity index (χ2v) is 9.15. The van der Waals surface area contributed by atoms with E-state index in [9.17, 15) is 4.79 Å². The normalized spacial score (nSPS) is 14.7. The summed E-state index contributed by atoms with van der Waals surface area (Å²) in [6.45, 7) is 7.33. The summed E-state index contributed by atoms with van der Waals surface area (Å²) in [4.78, 5) is 17.1. The van der Waals surface area contributed by atoms with E-state index in [1.807, 2.05) is 36.4 Å². The van der Waals surface area contributed by atoms with Gasteiger partial charge in [-0.3, -0.25) is 9.80 Å². The number of urea groups is 1. The van der Waals surface area contributed by atoms with Crippen LogP contribution in [-0.2, 0) is 19.7 Å². The Kier molecular flexibility index (Phi) is 9.73. The second kappa shape index (κ2) is 13.6. The molecule has 1 saturated heterocycles. The first-order valence-corrected chi connectivity index (χ1v) is 12.7. The number of benzene rings is 3. The Bertz CT molecular complexity index is 1070. The third-order valence-electron chi connectivity index (χ3n) is 6.35. The second-order valence-electron chi connectivity index (χ2n) is 9.15. The average molecular weight is 488 g/mol. The Hall–Kier alpha value is -3.39. The zero-order chi connectivity index (χ0) is 25.0. The first-order chi connectivity index (χ1) is 17.7. The minimum absolute atomic E-state index is 0.216. The molecule has 0 radical (unpaired) electrons. The topological polar surface area (TPSA) is 82.9 Å². The van der Waals surface area contributed by atoms with Crippen molar-refractivity contribution in [3.05, 3.63) is 95.6 Å². The van der Waals surface area contributed by atoms with E-state index in [-0.39, 0.29) is 6.03 Å². The average Bonchev–Trinajstić information content (AvgIpc) is 3.13. The lowest BCUT2D eigenvalue weighted by Crippen LogP contribution is -2.33. The molecule has 0 spiro atoms. The number of anilines is 1. The maximum absolute atomic E-state index is 12.1. The molecule has 0 saturated carbocycles. The van der Waals surface area contributed by atoms with Crippen molar-refractivity contribution in [3.63, 3.8) is 0 Å². The maximum Gasteiger partial charge on any atom is 0.319 e. The molecule has 0 unspecified atom stereocenters. The van der Waals surface area contributed by atoms with E-state index in [0.29, 0.717) is 19.7 Å². The molecule has 0 aliphatic carbocycles. The molecular formula is C29H37N5O2. The van der Waals surface area contributed by atoms with Gasteiger partial charge in [0.2, 0.25) is 0 Å². The number of ether oxygens (including phenoxy) is 1. The molecule has 3 aromatic rings. The number of carbonyl (C=O) groups is 1. The summed E-state index contributed by atoms with van der Waals surface area (Å²) in [5, 5.41) is 5.73. The molecule has 36 heavy (non-hydrogen) atoms. The number of nitrogens with one attached hydrogen (secondary N) is 2. The van der Waals surface area contributed by atoms with Crippen LogP contribution in [-0.4, -0.2) is 55.1 Å². The van der Waals surface area contributed by atoms with Crippen molar-refractivity contribution in [3.8, 4) is 5.75 Å². The van der Waals surface area contributed by atoms with Crippen molar-refractivity contribution in [1.82, 2.24) is 15.1 Å². The Morgan fingerprint density at radius 2 is 1.50 bits per heavy atom. The number of carbonyl (C=O) groups excluding carboxylic acids is 1. The van der Waals surface area contributed by atoms with E-state index in [1.165, 1.54) is 11.1 Å². The summed E-state index contributed by atoms with van der Waals surface area (Å²) in [6, 6.07) is 26.5. The van der Waals surface area contributed by atoms with Crippen molar-refractivity contribution in [2.24, 2.45) is 5.73 Å². The van der Waals surface area contributed by atoms with Gasteiger partial charge < -0.3 is 21.1 Å². The van der Waals surface area contributed by atoms with Gasteiger partial charge in [0.1, 0.15) is 12.4 Å². The molecule has 0 atom stereocenters. The number of amides is 2. The van der Waals surface area contributed by atoms with Crippen LogP contribution in [0, 0.1) is 0 Å². The van der Waals surface area contributed by atoms with Crippen LogP contribution in [0.3, 0.4) is 0 Å². The molecule has 4 rings (SSSR count). The lowest BCUT2D eigenvalue weighted by molar-refractivity contribution is 0.247. The largest absolute Gasteiger partial charge is 0.489 e. The Balaban J connectivity index is 1.25. The van der Waals surface area contributed by atoms with Gasteiger partial charge >= 0.3 is 6.03 Å². The minimum Gasteiger partial charge on any atom is -0.489 e. The van der Waals surface area contributed by atoms with Gasteiger partial charge in [0, 0.05) is 45.0 Å². The fraction of sp³-hybridized carbons (Fsp3) is 0.345. The Labute approximate surface area is 214 Å². The van der Waals surface area contributed by atoms with E-state index in [4.69, 9.17) is 10.5 Å². The molecule has 1 aliphatic rings. The highest BCUT2D eigenvalue weighted by molar-refractivity contribution is 5.90. The standard InChI is InChI=1S/C29H37N5O2/c30-15-16-31-29(35)32-28-10-5-4-9-26(28)22-34-18-6-17-33(19-20-34)21-24-11-13-27(14-12-24)36-23-25-7-2-1-3-8-25/h1-5,7-14H,6,15-23,30H2,(H2,31,32,35). The Morgan fingerprint density at radius 3 is 2.25 bits per heavy atom. The zero-order valence-corrected chi connectivity index (χ0v) is 20.9. The summed E-state index contributed by atoms with van der Waals surface area (Å²) in [7, 11) is 0. The van der Waals surface area contributed by atoms with Crippen LogP contribution in [0.25, 0.3) is 0 Å². The van der Waals surface area contributed by atoms with Gasteiger partial charge in [0.25, 0.3) is 0 Å². The number of nitrogens with two attached hydrogens (primary N) is 1. The summed E-state index contributed by atoms with van der Waals surface area (Å²) < 4.78 is 5.92. The quantitative estimate of drug-likeness (QED) is 0.402. The summed E-state index contributed by atoms with van der Waals surface area (Å²) in [6.07, 6.45) is 1.12. The molecular weight excluding hydrogens is 450 g/mol. The lowest BCUT2D eigenvalue weighted by atomic mass is 10.1. The van der Waals surface area contributed by atoms with Gasteiger partial charge in [-0.25, -0.2) is 4.79 Å². The third-order valence-corrected chi connectivity index (χ3v) is 6.35. The van der Waals surface area contributed by atoms with Crippen LogP contribution >= 0.6 is 0 Å². The maximum atomic E-state index is 12.1. The first-order valence-electron chi connectivity index (χ1n) is 12.7. The predicted molar refractivity (Wildman–Crippen MR) is 145 cm³/mol. The van der Waals surface area contributed by atoms with Crippen LogP contribution in [0.2, 0.25) is 0 Å². The van der Waals surface area contributed by atoms with Crippen LogP contribution in [0.15, 0.2) is 78.9 Å². The smallest absolute Gasteiger partial charge is 0.319 e. The highest BCUT2D eigenvalue weighted by Crippen LogP contribution is 2.20. The number of hydrogen-bond acceptors (Lipinski definition) is 5. The van der Waals surface area contributed by atoms with Gasteiger partial charge in [-0.2, -0.15) is 0 Å². The van der Waals surface area contributed by atoms with Crippen molar-refractivity contribution >= 4 is 11.7 Å². The molecule has 1 heterocycles. The van der Waals surface area contributed by atoms with Gasteiger partial charge in [0.15, 0.2) is 0 Å². The molecule has 1 aliphatic heterocycles. The van der Waals surface area contributed by atoms with Crippen LogP contribution in [0.4, 0.5) is 10.5 Å². The number of nitrogens with zero attached hydrogens (tertiary/aromatic N) is 2. The van der Waals surface area contributed by atoms with Crippen LogP contribution < -0.4 is 21.1 Å². The molecule has 0 aromatic heterocycles. The van der Waals surface area contributed by atoms with E-state index in [1.54, 1.807) is 0 Å². The molecule has 7 nitrogen and oxygen atoms in total. The van der Waals surface area contributed by atoms with E-state index < -0.39 is 0 Å². The zero-order valence-electron chi connectivity index (χ0n) is 20.9. The highest BCUT2D eigenvalue weighted by Gasteiger charge is 2.17. The SMILES string of the molecule is NCCNC(=O)Nc1ccccc1CN1CCCN(Cc2ccc(OCc3ccccc3)cc2)CC1. The molecule has 1 fully saturated rings. The van der Waals surface area contributed by atoms with Crippen molar-refractivity contribution < 1.29 is 9.53 Å².